The number of anilines is 1. The van der Waals surface area contributed by atoms with Crippen molar-refractivity contribution in [3.63, 3.8) is 0 Å². The number of methoxy groups -OCH3 is 2. The number of benzene rings is 2. The molecule has 8 nitrogen and oxygen atoms in total. The number of nitrogens with zero attached hydrogens (tertiary/aromatic N) is 2. The van der Waals surface area contributed by atoms with Crippen molar-refractivity contribution in [3.8, 4) is 11.5 Å². The fourth-order valence-electron chi connectivity index (χ4n) is 5.64. The first-order valence-electron chi connectivity index (χ1n) is 14.1. The summed E-state index contributed by atoms with van der Waals surface area (Å²) in [5.41, 5.74) is 8.70. The van der Waals surface area contributed by atoms with Gasteiger partial charge in [0.15, 0.2) is 11.5 Å². The number of fused-ring (bicyclic) bond motifs is 1. The largest absolute Gasteiger partial charge is 0.493 e. The number of aliphatic hydroxyl groups is 1. The van der Waals surface area contributed by atoms with E-state index in [9.17, 15) is 9.90 Å². The summed E-state index contributed by atoms with van der Waals surface area (Å²) in [6.07, 6.45) is 7.24. The fourth-order valence-corrected chi connectivity index (χ4v) is 6.15. The standard InChI is InChI=1S/C30H40Cl2N4O4/c1-39-26-12-11-19(17-27(26)40-2)29-21-9-5-6-10-22(21)30(38)36(35-29)14-8-4-3-7-13-34-18-25(37)20-15-23(31)28(33)24(32)16-20/h11-12,15-17,21-22,25,34,37H,3-10,13-14,18,33H2,1-2H3/t21-,22+,25?/m1/s1. The van der Waals surface area contributed by atoms with Gasteiger partial charge >= 0.3 is 0 Å². The molecule has 0 radical (unpaired) electrons. The molecule has 3 atom stereocenters. The Bertz CT molecular complexity index is 1190. The van der Waals surface area contributed by atoms with Crippen molar-refractivity contribution in [1.82, 2.24) is 10.3 Å². The van der Waals surface area contributed by atoms with Crippen LogP contribution in [0.25, 0.3) is 0 Å². The highest BCUT2D eigenvalue weighted by Crippen LogP contribution is 2.39. The summed E-state index contributed by atoms with van der Waals surface area (Å²) in [4.78, 5) is 13.3. The zero-order valence-corrected chi connectivity index (χ0v) is 24.8. The molecule has 1 aliphatic heterocycles. The third-order valence-electron chi connectivity index (χ3n) is 7.89. The Hall–Kier alpha value is -2.52. The number of unbranched alkanes of at least 4 members (excludes halogenated alkanes) is 3. The number of carbonyl (C=O) groups excluding carboxylic acids is 1. The van der Waals surface area contributed by atoms with Crippen LogP contribution in [0.15, 0.2) is 35.4 Å². The second-order valence-corrected chi connectivity index (χ2v) is 11.4. The van der Waals surface area contributed by atoms with E-state index < -0.39 is 6.10 Å². The van der Waals surface area contributed by atoms with E-state index in [2.05, 4.69) is 5.32 Å². The highest BCUT2D eigenvalue weighted by Gasteiger charge is 2.41. The lowest BCUT2D eigenvalue weighted by Crippen LogP contribution is -2.46. The topological polar surface area (TPSA) is 109 Å². The second-order valence-electron chi connectivity index (χ2n) is 10.5. The first kappa shape index (κ1) is 30.4. The molecule has 2 aromatic carbocycles. The van der Waals surface area contributed by atoms with Crippen LogP contribution < -0.4 is 20.5 Å². The van der Waals surface area contributed by atoms with Crippen molar-refractivity contribution in [2.45, 2.75) is 57.5 Å². The number of hydrogen-bond acceptors (Lipinski definition) is 7. The van der Waals surface area contributed by atoms with Crippen molar-refractivity contribution in [2.75, 3.05) is 39.6 Å². The quantitative estimate of drug-likeness (QED) is 0.200. The average Bonchev–Trinajstić information content (AvgIpc) is 2.97. The smallest absolute Gasteiger partial charge is 0.246 e. The van der Waals surface area contributed by atoms with Crippen LogP contribution in [-0.2, 0) is 4.79 Å². The van der Waals surface area contributed by atoms with Crippen LogP contribution in [0.3, 0.4) is 0 Å². The van der Waals surface area contributed by atoms with Gasteiger partial charge in [0.1, 0.15) is 0 Å². The fraction of sp³-hybridized carbons (Fsp3) is 0.533. The lowest BCUT2D eigenvalue weighted by atomic mass is 9.73. The van der Waals surface area contributed by atoms with E-state index in [1.165, 1.54) is 0 Å². The van der Waals surface area contributed by atoms with Gasteiger partial charge in [-0.25, -0.2) is 5.01 Å². The molecule has 218 valence electrons. The number of nitrogens with two attached hydrogens (primary N) is 1. The van der Waals surface area contributed by atoms with Gasteiger partial charge in [-0.2, -0.15) is 5.10 Å². The van der Waals surface area contributed by atoms with Gasteiger partial charge in [-0.05, 0) is 68.1 Å². The zero-order chi connectivity index (χ0) is 28.6. The Morgan fingerprint density at radius 1 is 1.02 bits per heavy atom. The van der Waals surface area contributed by atoms with Gasteiger partial charge in [0.25, 0.3) is 0 Å². The second kappa shape index (κ2) is 14.4. The number of amides is 1. The molecule has 40 heavy (non-hydrogen) atoms. The molecule has 1 fully saturated rings. The van der Waals surface area contributed by atoms with E-state index in [0.717, 1.165) is 69.2 Å². The van der Waals surface area contributed by atoms with Gasteiger partial charge in [-0.15, -0.1) is 0 Å². The number of hydrazone groups is 1. The predicted molar refractivity (Wildman–Crippen MR) is 160 cm³/mol. The minimum absolute atomic E-state index is 0.00390. The molecular weight excluding hydrogens is 551 g/mol. The van der Waals surface area contributed by atoms with E-state index >= 15 is 0 Å². The summed E-state index contributed by atoms with van der Waals surface area (Å²) in [7, 11) is 3.26. The number of nitrogen functional groups attached to an aromatic ring is 1. The van der Waals surface area contributed by atoms with Crippen LogP contribution in [0.4, 0.5) is 5.69 Å². The van der Waals surface area contributed by atoms with E-state index in [1.54, 1.807) is 31.4 Å². The van der Waals surface area contributed by atoms with E-state index in [0.29, 0.717) is 45.9 Å². The Morgan fingerprint density at radius 3 is 2.40 bits per heavy atom. The summed E-state index contributed by atoms with van der Waals surface area (Å²) < 4.78 is 10.9. The number of nitrogens with one attached hydrogen (secondary N) is 1. The third-order valence-corrected chi connectivity index (χ3v) is 8.52. The molecule has 0 spiro atoms. The van der Waals surface area contributed by atoms with E-state index in [-0.39, 0.29) is 17.7 Å². The summed E-state index contributed by atoms with van der Waals surface area (Å²) in [5.74, 6) is 1.65. The molecular formula is C30H40Cl2N4O4. The Morgan fingerprint density at radius 2 is 1.70 bits per heavy atom. The van der Waals surface area contributed by atoms with Gasteiger partial charge in [-0.1, -0.05) is 48.9 Å². The summed E-state index contributed by atoms with van der Waals surface area (Å²) >= 11 is 12.1. The van der Waals surface area contributed by atoms with Crippen LogP contribution in [0, 0.1) is 11.8 Å². The molecule has 10 heteroatoms. The molecule has 1 aliphatic carbocycles. The number of rotatable bonds is 13. The molecule has 0 bridgehead atoms. The van der Waals surface area contributed by atoms with Crippen molar-refractivity contribution in [2.24, 2.45) is 16.9 Å². The molecule has 1 heterocycles. The van der Waals surface area contributed by atoms with E-state index in [4.69, 9.17) is 43.5 Å². The molecule has 4 N–H and O–H groups in total. The SMILES string of the molecule is COc1ccc(C2=NN(CCCCCCNCC(O)c3cc(Cl)c(N)c(Cl)c3)C(=O)[C@H]3CCCC[C@@H]23)cc1OC. The third kappa shape index (κ3) is 7.21. The van der Waals surface area contributed by atoms with Gasteiger partial charge in [0.05, 0.1) is 41.8 Å². The lowest BCUT2D eigenvalue weighted by Gasteiger charge is -2.38. The minimum atomic E-state index is -0.720. The predicted octanol–water partition coefficient (Wildman–Crippen LogP) is 5.83. The van der Waals surface area contributed by atoms with Gasteiger partial charge in [0.2, 0.25) is 5.91 Å². The summed E-state index contributed by atoms with van der Waals surface area (Å²) in [6.45, 7) is 1.79. The zero-order valence-electron chi connectivity index (χ0n) is 23.3. The number of carbonyl (C=O) groups is 1. The molecule has 1 amide bonds. The first-order chi connectivity index (χ1) is 19.3. The normalized spacial score (nSPS) is 19.7. The van der Waals surface area contributed by atoms with Crippen LogP contribution in [0.1, 0.15) is 68.6 Å². The molecule has 1 saturated carbocycles. The number of halogens is 2. The van der Waals surface area contributed by atoms with Gasteiger partial charge in [-0.3, -0.25) is 4.79 Å². The van der Waals surface area contributed by atoms with Gasteiger partial charge in [0, 0.05) is 30.5 Å². The van der Waals surface area contributed by atoms with Crippen LogP contribution >= 0.6 is 23.2 Å². The van der Waals surface area contributed by atoms with Crippen molar-refractivity contribution in [3.05, 3.63) is 51.5 Å². The van der Waals surface area contributed by atoms with Crippen LogP contribution in [0.5, 0.6) is 11.5 Å². The highest BCUT2D eigenvalue weighted by molar-refractivity contribution is 6.38. The van der Waals surface area contributed by atoms with Gasteiger partial charge < -0.3 is 25.6 Å². The maximum Gasteiger partial charge on any atom is 0.246 e. The van der Waals surface area contributed by atoms with Crippen LogP contribution in [0.2, 0.25) is 10.0 Å². The molecule has 4 rings (SSSR count). The lowest BCUT2D eigenvalue weighted by molar-refractivity contribution is -0.139. The first-order valence-corrected chi connectivity index (χ1v) is 14.8. The number of ether oxygens (including phenoxy) is 2. The molecule has 2 aromatic rings. The summed E-state index contributed by atoms with van der Waals surface area (Å²) in [5, 5.41) is 21.0. The maximum atomic E-state index is 13.3. The van der Waals surface area contributed by atoms with Crippen molar-refractivity contribution in [1.29, 1.82) is 0 Å². The highest BCUT2D eigenvalue weighted by atomic mass is 35.5. The monoisotopic (exact) mass is 590 g/mol. The van der Waals surface area contributed by atoms with Crippen molar-refractivity contribution >= 4 is 40.5 Å². The Labute approximate surface area is 246 Å². The molecule has 2 aliphatic rings. The molecule has 0 saturated heterocycles. The van der Waals surface area contributed by atoms with Crippen molar-refractivity contribution < 1.29 is 19.4 Å². The maximum absolute atomic E-state index is 13.3. The summed E-state index contributed by atoms with van der Waals surface area (Å²) in [6, 6.07) is 9.18. The number of hydrogen-bond donors (Lipinski definition) is 3. The molecule has 0 aromatic heterocycles. The minimum Gasteiger partial charge on any atom is -0.493 e. The Kier molecular flexibility index (Phi) is 11.0. The van der Waals surface area contributed by atoms with Crippen LogP contribution in [-0.4, -0.2) is 55.6 Å². The Balaban J connectivity index is 1.26. The average molecular weight is 592 g/mol. The van der Waals surface area contributed by atoms with E-state index in [1.807, 2.05) is 18.2 Å². The molecule has 1 unspecified atom stereocenters. The number of aliphatic hydroxyl groups excluding tert-OH is 1.